The molecule has 3 heteroatoms. The van der Waals surface area contributed by atoms with Gasteiger partial charge in [-0.2, -0.15) is 0 Å². The lowest BCUT2D eigenvalue weighted by Crippen LogP contribution is -2.34. The predicted molar refractivity (Wildman–Crippen MR) is 87.3 cm³/mol. The van der Waals surface area contributed by atoms with Crippen LogP contribution in [0, 0.1) is 11.8 Å². The maximum atomic E-state index is 11.8. The molecule has 3 nitrogen and oxygen atoms in total. The molecule has 0 spiro atoms. The molecule has 1 aromatic carbocycles. The van der Waals surface area contributed by atoms with Crippen LogP contribution in [0.25, 0.3) is 0 Å². The van der Waals surface area contributed by atoms with Crippen molar-refractivity contribution >= 4 is 5.97 Å². The van der Waals surface area contributed by atoms with E-state index < -0.39 is 0 Å². The number of carbonyl (C=O) groups is 1. The molecule has 1 aromatic rings. The Labute approximate surface area is 133 Å². The Balaban J connectivity index is 1.90. The van der Waals surface area contributed by atoms with E-state index in [1.54, 1.807) is 0 Å². The second-order valence-electron chi connectivity index (χ2n) is 6.30. The SMILES string of the molecule is C/C1=C/[C@@H](C)[C@@H]([C@H](C)COCc2ccccc2)OC(=O)CC1. The van der Waals surface area contributed by atoms with Gasteiger partial charge < -0.3 is 9.47 Å². The van der Waals surface area contributed by atoms with Crippen LogP contribution in [0.4, 0.5) is 0 Å². The lowest BCUT2D eigenvalue weighted by atomic mass is 9.90. The van der Waals surface area contributed by atoms with E-state index in [9.17, 15) is 4.79 Å². The molecule has 0 fully saturated rings. The standard InChI is InChI=1S/C19H26O3/c1-14-9-10-18(20)22-19(15(2)11-14)16(3)12-21-13-17-7-5-4-6-8-17/h4-8,11,15-16,19H,9-10,12-13H2,1-3H3/b14-11-/t15-,16-,19+/m1/s1. The molecule has 3 atom stereocenters. The van der Waals surface area contributed by atoms with Crippen LogP contribution in [0.3, 0.4) is 0 Å². The van der Waals surface area contributed by atoms with Gasteiger partial charge in [-0.15, -0.1) is 0 Å². The zero-order chi connectivity index (χ0) is 15.9. The highest BCUT2D eigenvalue weighted by Gasteiger charge is 2.28. The summed E-state index contributed by atoms with van der Waals surface area (Å²) in [6.07, 6.45) is 3.39. The number of allylic oxidation sites excluding steroid dienone is 1. The Morgan fingerprint density at radius 3 is 2.73 bits per heavy atom. The molecule has 0 amide bonds. The summed E-state index contributed by atoms with van der Waals surface area (Å²) in [7, 11) is 0. The number of hydrogen-bond donors (Lipinski definition) is 0. The van der Waals surface area contributed by atoms with E-state index in [4.69, 9.17) is 9.47 Å². The third-order valence-electron chi connectivity index (χ3n) is 4.11. The summed E-state index contributed by atoms with van der Waals surface area (Å²) in [5.41, 5.74) is 2.43. The minimum Gasteiger partial charge on any atom is -0.461 e. The van der Waals surface area contributed by atoms with Crippen molar-refractivity contribution in [2.75, 3.05) is 6.61 Å². The summed E-state index contributed by atoms with van der Waals surface area (Å²) in [5.74, 6) is 0.295. The van der Waals surface area contributed by atoms with E-state index in [2.05, 4.69) is 39.0 Å². The molecule has 0 aromatic heterocycles. The summed E-state index contributed by atoms with van der Waals surface area (Å²) in [5, 5.41) is 0. The number of ether oxygens (including phenoxy) is 2. The summed E-state index contributed by atoms with van der Waals surface area (Å²) in [6.45, 7) is 7.46. The first kappa shape index (κ1) is 16.8. The Kier molecular flexibility index (Phi) is 6.20. The summed E-state index contributed by atoms with van der Waals surface area (Å²) >= 11 is 0. The highest BCUT2D eigenvalue weighted by Crippen LogP contribution is 2.24. The predicted octanol–water partition coefficient (Wildman–Crippen LogP) is 4.13. The first-order chi connectivity index (χ1) is 10.6. The van der Waals surface area contributed by atoms with Crippen LogP contribution in [-0.4, -0.2) is 18.7 Å². The molecule has 1 aliphatic heterocycles. The summed E-state index contributed by atoms with van der Waals surface area (Å²) < 4.78 is 11.5. The van der Waals surface area contributed by atoms with Crippen LogP contribution >= 0.6 is 0 Å². The topological polar surface area (TPSA) is 35.5 Å². The van der Waals surface area contributed by atoms with Gasteiger partial charge in [0.15, 0.2) is 0 Å². The van der Waals surface area contributed by atoms with Crippen LogP contribution in [0.15, 0.2) is 42.0 Å². The first-order valence-corrected chi connectivity index (χ1v) is 8.04. The van der Waals surface area contributed by atoms with Crippen molar-refractivity contribution in [3.63, 3.8) is 0 Å². The van der Waals surface area contributed by atoms with Gasteiger partial charge in [0, 0.05) is 18.3 Å². The Morgan fingerprint density at radius 2 is 2.00 bits per heavy atom. The molecule has 120 valence electrons. The van der Waals surface area contributed by atoms with E-state index >= 15 is 0 Å². The molecule has 2 rings (SSSR count). The fourth-order valence-corrected chi connectivity index (χ4v) is 2.91. The number of rotatable bonds is 5. The average molecular weight is 302 g/mol. The minimum absolute atomic E-state index is 0.0980. The summed E-state index contributed by atoms with van der Waals surface area (Å²) in [6, 6.07) is 10.1. The van der Waals surface area contributed by atoms with Gasteiger partial charge in [-0.3, -0.25) is 4.79 Å². The monoisotopic (exact) mass is 302 g/mol. The first-order valence-electron chi connectivity index (χ1n) is 8.04. The van der Waals surface area contributed by atoms with Gasteiger partial charge in [0.2, 0.25) is 0 Å². The molecule has 22 heavy (non-hydrogen) atoms. The van der Waals surface area contributed by atoms with Crippen LogP contribution in [0.2, 0.25) is 0 Å². The lowest BCUT2D eigenvalue weighted by Gasteiger charge is -2.29. The van der Waals surface area contributed by atoms with Crippen molar-refractivity contribution in [2.24, 2.45) is 11.8 Å². The number of cyclic esters (lactones) is 1. The second kappa shape index (κ2) is 8.14. The Hall–Kier alpha value is -1.61. The molecular formula is C19H26O3. The largest absolute Gasteiger partial charge is 0.461 e. The quantitative estimate of drug-likeness (QED) is 0.606. The van der Waals surface area contributed by atoms with E-state index in [0.717, 1.165) is 12.0 Å². The molecule has 0 bridgehead atoms. The van der Waals surface area contributed by atoms with Crippen LogP contribution in [0.1, 0.15) is 39.2 Å². The van der Waals surface area contributed by atoms with E-state index in [-0.39, 0.29) is 23.9 Å². The molecular weight excluding hydrogens is 276 g/mol. The highest BCUT2D eigenvalue weighted by molar-refractivity contribution is 5.70. The van der Waals surface area contributed by atoms with Crippen molar-refractivity contribution in [3.05, 3.63) is 47.5 Å². The van der Waals surface area contributed by atoms with Gasteiger partial charge in [-0.1, -0.05) is 55.8 Å². The third-order valence-corrected chi connectivity index (χ3v) is 4.11. The zero-order valence-corrected chi connectivity index (χ0v) is 13.7. The molecule has 0 saturated carbocycles. The molecule has 0 unspecified atom stereocenters. The van der Waals surface area contributed by atoms with Crippen LogP contribution in [0.5, 0.6) is 0 Å². The summed E-state index contributed by atoms with van der Waals surface area (Å²) in [4.78, 5) is 11.8. The smallest absolute Gasteiger partial charge is 0.306 e. The molecule has 0 aliphatic carbocycles. The van der Waals surface area contributed by atoms with Gasteiger partial charge in [0.05, 0.1) is 13.2 Å². The minimum atomic E-state index is -0.112. The molecule has 0 saturated heterocycles. The molecule has 0 N–H and O–H groups in total. The van der Waals surface area contributed by atoms with Gasteiger partial charge >= 0.3 is 5.97 Å². The van der Waals surface area contributed by atoms with E-state index in [1.165, 1.54) is 5.57 Å². The number of benzene rings is 1. The molecule has 0 radical (unpaired) electrons. The van der Waals surface area contributed by atoms with Gasteiger partial charge in [-0.05, 0) is 18.9 Å². The Bertz CT molecular complexity index is 507. The number of carbonyl (C=O) groups excluding carboxylic acids is 1. The third kappa shape index (κ3) is 4.99. The second-order valence-corrected chi connectivity index (χ2v) is 6.30. The molecule has 1 heterocycles. The van der Waals surface area contributed by atoms with Crippen LogP contribution in [-0.2, 0) is 20.9 Å². The zero-order valence-electron chi connectivity index (χ0n) is 13.7. The van der Waals surface area contributed by atoms with Crippen molar-refractivity contribution in [3.8, 4) is 0 Å². The normalized spacial score (nSPS) is 26.3. The fourth-order valence-electron chi connectivity index (χ4n) is 2.91. The maximum Gasteiger partial charge on any atom is 0.306 e. The van der Waals surface area contributed by atoms with E-state index in [1.807, 2.05) is 18.2 Å². The van der Waals surface area contributed by atoms with E-state index in [0.29, 0.717) is 19.6 Å². The van der Waals surface area contributed by atoms with Gasteiger partial charge in [0.1, 0.15) is 6.10 Å². The van der Waals surface area contributed by atoms with Gasteiger partial charge in [0.25, 0.3) is 0 Å². The number of hydrogen-bond acceptors (Lipinski definition) is 3. The fraction of sp³-hybridized carbons (Fsp3) is 0.526. The van der Waals surface area contributed by atoms with Gasteiger partial charge in [-0.25, -0.2) is 0 Å². The van der Waals surface area contributed by atoms with Crippen molar-refractivity contribution in [2.45, 2.75) is 46.3 Å². The molecule has 1 aliphatic rings. The van der Waals surface area contributed by atoms with Crippen molar-refractivity contribution in [1.82, 2.24) is 0 Å². The maximum absolute atomic E-state index is 11.8. The van der Waals surface area contributed by atoms with Crippen LogP contribution < -0.4 is 0 Å². The lowest BCUT2D eigenvalue weighted by molar-refractivity contribution is -0.155. The van der Waals surface area contributed by atoms with Crippen molar-refractivity contribution < 1.29 is 14.3 Å². The highest BCUT2D eigenvalue weighted by atomic mass is 16.5. The van der Waals surface area contributed by atoms with Crippen molar-refractivity contribution in [1.29, 1.82) is 0 Å². The average Bonchev–Trinajstić information content (AvgIpc) is 2.50. The Morgan fingerprint density at radius 1 is 1.27 bits per heavy atom. The number of esters is 1.